The maximum absolute atomic E-state index is 12.3. The summed E-state index contributed by atoms with van der Waals surface area (Å²) in [6, 6.07) is 7.30. The Bertz CT molecular complexity index is 635. The molecule has 2 heterocycles. The molecular weight excluding hydrogens is 322 g/mol. The molecule has 0 aliphatic carbocycles. The first-order valence-electron chi connectivity index (χ1n) is 8.65. The SMILES string of the molecule is CN(C)C(=O)[C@H]1CCCN1CC(=O)NC[C@H]1COc2ccccc2O1. The summed E-state index contributed by atoms with van der Waals surface area (Å²) in [4.78, 5) is 28.0. The Morgan fingerprint density at radius 3 is 2.80 bits per heavy atom. The predicted octanol–water partition coefficient (Wildman–Crippen LogP) is 0.495. The Labute approximate surface area is 147 Å². The molecule has 1 saturated heterocycles. The first-order valence-corrected chi connectivity index (χ1v) is 8.65. The van der Waals surface area contributed by atoms with Gasteiger partial charge in [-0.3, -0.25) is 14.5 Å². The van der Waals surface area contributed by atoms with Crippen LogP contribution in [0.2, 0.25) is 0 Å². The highest BCUT2D eigenvalue weighted by atomic mass is 16.6. The molecule has 136 valence electrons. The normalized spacial score (nSPS) is 22.5. The van der Waals surface area contributed by atoms with Crippen LogP contribution in [0, 0.1) is 0 Å². The Balaban J connectivity index is 1.46. The molecule has 1 fully saturated rings. The molecule has 1 aromatic rings. The summed E-state index contributed by atoms with van der Waals surface area (Å²) in [6.45, 7) is 1.79. The van der Waals surface area contributed by atoms with Gasteiger partial charge in [-0.25, -0.2) is 0 Å². The third-order valence-electron chi connectivity index (χ3n) is 4.53. The molecule has 0 spiro atoms. The van der Waals surface area contributed by atoms with Crippen LogP contribution in [-0.4, -0.2) is 74.1 Å². The zero-order chi connectivity index (χ0) is 17.8. The molecule has 2 amide bonds. The fraction of sp³-hybridized carbons (Fsp3) is 0.556. The first-order chi connectivity index (χ1) is 12.0. The van der Waals surface area contributed by atoms with Crippen LogP contribution in [0.1, 0.15) is 12.8 Å². The summed E-state index contributed by atoms with van der Waals surface area (Å²) in [6.07, 6.45) is 1.53. The summed E-state index contributed by atoms with van der Waals surface area (Å²) in [5.41, 5.74) is 0. The average molecular weight is 347 g/mol. The van der Waals surface area contributed by atoms with Gasteiger partial charge in [0.05, 0.1) is 19.1 Å². The molecular formula is C18H25N3O4. The summed E-state index contributed by atoms with van der Waals surface area (Å²) in [5.74, 6) is 1.39. The van der Waals surface area contributed by atoms with Crippen LogP contribution in [0.4, 0.5) is 0 Å². The van der Waals surface area contributed by atoms with Crippen molar-refractivity contribution in [2.45, 2.75) is 25.0 Å². The third-order valence-corrected chi connectivity index (χ3v) is 4.53. The number of likely N-dealkylation sites (N-methyl/N-ethyl adjacent to an activating group) is 1. The molecule has 1 aromatic carbocycles. The van der Waals surface area contributed by atoms with E-state index >= 15 is 0 Å². The van der Waals surface area contributed by atoms with Gasteiger partial charge in [0.2, 0.25) is 11.8 Å². The molecule has 0 saturated carbocycles. The Hall–Kier alpha value is -2.28. The fourth-order valence-corrected chi connectivity index (χ4v) is 3.22. The van der Waals surface area contributed by atoms with E-state index in [-0.39, 0.29) is 30.5 Å². The van der Waals surface area contributed by atoms with E-state index in [1.165, 1.54) is 0 Å². The van der Waals surface area contributed by atoms with Crippen LogP contribution < -0.4 is 14.8 Å². The van der Waals surface area contributed by atoms with Gasteiger partial charge in [-0.2, -0.15) is 0 Å². The largest absolute Gasteiger partial charge is 0.486 e. The van der Waals surface area contributed by atoms with Crippen LogP contribution >= 0.6 is 0 Å². The van der Waals surface area contributed by atoms with E-state index in [1.807, 2.05) is 29.2 Å². The smallest absolute Gasteiger partial charge is 0.239 e. The number of nitrogens with zero attached hydrogens (tertiary/aromatic N) is 2. The van der Waals surface area contributed by atoms with Gasteiger partial charge in [0.15, 0.2) is 11.5 Å². The standard InChI is InChI=1S/C18H25N3O4/c1-20(2)18(23)14-6-5-9-21(14)11-17(22)19-10-13-12-24-15-7-3-4-8-16(15)25-13/h3-4,7-8,13-14H,5-6,9-12H2,1-2H3,(H,19,22)/t13-,14+/m0/s1. The molecule has 25 heavy (non-hydrogen) atoms. The van der Waals surface area contributed by atoms with Crippen LogP contribution in [0.25, 0.3) is 0 Å². The second-order valence-corrected chi connectivity index (χ2v) is 6.66. The highest BCUT2D eigenvalue weighted by molar-refractivity contribution is 5.83. The number of amides is 2. The van der Waals surface area contributed by atoms with E-state index in [0.29, 0.717) is 18.9 Å². The molecule has 0 aromatic heterocycles. The average Bonchev–Trinajstić information content (AvgIpc) is 3.07. The van der Waals surface area contributed by atoms with E-state index in [4.69, 9.17) is 9.47 Å². The summed E-state index contributed by atoms with van der Waals surface area (Å²) >= 11 is 0. The van der Waals surface area contributed by atoms with Crippen molar-refractivity contribution in [3.8, 4) is 11.5 Å². The van der Waals surface area contributed by atoms with Gasteiger partial charge in [-0.1, -0.05) is 12.1 Å². The molecule has 1 N–H and O–H groups in total. The van der Waals surface area contributed by atoms with Crippen molar-refractivity contribution in [2.75, 3.05) is 40.3 Å². The van der Waals surface area contributed by atoms with Crippen LogP contribution in [0.5, 0.6) is 11.5 Å². The van der Waals surface area contributed by atoms with Gasteiger partial charge < -0.3 is 19.7 Å². The number of ether oxygens (including phenoxy) is 2. The van der Waals surface area contributed by atoms with Crippen LogP contribution in [0.3, 0.4) is 0 Å². The quantitative estimate of drug-likeness (QED) is 0.840. The molecule has 7 nitrogen and oxygen atoms in total. The molecule has 2 aliphatic heterocycles. The fourth-order valence-electron chi connectivity index (χ4n) is 3.22. The maximum atomic E-state index is 12.3. The number of likely N-dealkylation sites (tertiary alicyclic amines) is 1. The zero-order valence-corrected chi connectivity index (χ0v) is 14.7. The summed E-state index contributed by atoms with van der Waals surface area (Å²) in [5, 5.41) is 2.89. The number of para-hydroxylation sites is 2. The number of hydrogen-bond acceptors (Lipinski definition) is 5. The molecule has 3 rings (SSSR count). The number of fused-ring (bicyclic) bond motifs is 1. The minimum absolute atomic E-state index is 0.0610. The van der Waals surface area contributed by atoms with Crippen molar-refractivity contribution in [3.05, 3.63) is 24.3 Å². The Morgan fingerprint density at radius 2 is 2.04 bits per heavy atom. The minimum atomic E-state index is -0.211. The lowest BCUT2D eigenvalue weighted by atomic mass is 10.2. The number of nitrogens with one attached hydrogen (secondary N) is 1. The topological polar surface area (TPSA) is 71.1 Å². The number of carbonyl (C=O) groups is 2. The maximum Gasteiger partial charge on any atom is 0.239 e. The lowest BCUT2D eigenvalue weighted by molar-refractivity contribution is -0.134. The third kappa shape index (κ3) is 4.22. The van der Waals surface area contributed by atoms with E-state index in [9.17, 15) is 9.59 Å². The van der Waals surface area contributed by atoms with E-state index in [1.54, 1.807) is 19.0 Å². The minimum Gasteiger partial charge on any atom is -0.486 e. The number of rotatable bonds is 5. The van der Waals surface area contributed by atoms with Gasteiger partial charge in [0.1, 0.15) is 12.7 Å². The monoisotopic (exact) mass is 347 g/mol. The molecule has 0 unspecified atom stereocenters. The highest BCUT2D eigenvalue weighted by Gasteiger charge is 2.32. The van der Waals surface area contributed by atoms with E-state index in [2.05, 4.69) is 5.32 Å². The Morgan fingerprint density at radius 1 is 1.28 bits per heavy atom. The van der Waals surface area contributed by atoms with Gasteiger partial charge in [0.25, 0.3) is 0 Å². The molecule has 0 radical (unpaired) electrons. The van der Waals surface area contributed by atoms with Crippen molar-refractivity contribution in [3.63, 3.8) is 0 Å². The summed E-state index contributed by atoms with van der Waals surface area (Å²) < 4.78 is 11.5. The van der Waals surface area contributed by atoms with Gasteiger partial charge >= 0.3 is 0 Å². The second kappa shape index (κ2) is 7.74. The number of benzene rings is 1. The zero-order valence-electron chi connectivity index (χ0n) is 14.7. The van der Waals surface area contributed by atoms with Crippen LogP contribution in [-0.2, 0) is 9.59 Å². The van der Waals surface area contributed by atoms with E-state index in [0.717, 1.165) is 25.1 Å². The van der Waals surface area contributed by atoms with Crippen molar-refractivity contribution in [1.29, 1.82) is 0 Å². The second-order valence-electron chi connectivity index (χ2n) is 6.66. The van der Waals surface area contributed by atoms with Gasteiger partial charge in [0, 0.05) is 14.1 Å². The van der Waals surface area contributed by atoms with Crippen molar-refractivity contribution in [2.24, 2.45) is 0 Å². The predicted molar refractivity (Wildman–Crippen MR) is 92.7 cm³/mol. The number of hydrogen-bond donors (Lipinski definition) is 1. The number of carbonyl (C=O) groups excluding carboxylic acids is 2. The van der Waals surface area contributed by atoms with Crippen molar-refractivity contribution < 1.29 is 19.1 Å². The molecule has 2 aliphatic rings. The van der Waals surface area contributed by atoms with Crippen molar-refractivity contribution in [1.82, 2.24) is 15.1 Å². The summed E-state index contributed by atoms with van der Waals surface area (Å²) in [7, 11) is 3.49. The van der Waals surface area contributed by atoms with Crippen LogP contribution in [0.15, 0.2) is 24.3 Å². The highest BCUT2D eigenvalue weighted by Crippen LogP contribution is 2.30. The molecule has 2 atom stereocenters. The molecule has 7 heteroatoms. The lowest BCUT2D eigenvalue weighted by Crippen LogP contribution is -2.48. The molecule has 0 bridgehead atoms. The Kier molecular flexibility index (Phi) is 5.43. The lowest BCUT2D eigenvalue weighted by Gasteiger charge is -2.28. The van der Waals surface area contributed by atoms with Crippen molar-refractivity contribution >= 4 is 11.8 Å². The van der Waals surface area contributed by atoms with E-state index < -0.39 is 0 Å². The van der Waals surface area contributed by atoms with Gasteiger partial charge in [-0.05, 0) is 31.5 Å². The first kappa shape index (κ1) is 17.5. The van der Waals surface area contributed by atoms with Gasteiger partial charge in [-0.15, -0.1) is 0 Å².